The van der Waals surface area contributed by atoms with Crippen LogP contribution in [0, 0.1) is 22.7 Å². The van der Waals surface area contributed by atoms with Gasteiger partial charge in [-0.15, -0.1) is 0 Å². The Morgan fingerprint density at radius 1 is 1.03 bits per heavy atom. The van der Waals surface area contributed by atoms with Crippen molar-refractivity contribution in [3.8, 4) is 0 Å². The molecule has 4 heteroatoms. The van der Waals surface area contributed by atoms with Crippen LogP contribution in [0.5, 0.6) is 0 Å². The Morgan fingerprint density at radius 3 is 2.32 bits per heavy atom. The standard InChI is InChI=1S/C27H38N2OS/c1-25(2)17-29(11-10-22(25)28)24(31)27-14-18-12-26(16-27,20-6-4-3-5-7-20)13-19(15-27)23(18)30-21-8-9-21/h3-7,18-19,21-23H,8-17,28H2,1-2H3/t18?,19?,22-,23?,26?,27?/m0/s1. The van der Waals surface area contributed by atoms with Crippen LogP contribution in [0.3, 0.4) is 0 Å². The van der Waals surface area contributed by atoms with Gasteiger partial charge in [-0.3, -0.25) is 0 Å². The Hall–Kier alpha value is -0.970. The Morgan fingerprint density at radius 2 is 1.71 bits per heavy atom. The highest BCUT2D eigenvalue weighted by Crippen LogP contribution is 2.67. The second-order valence-corrected chi connectivity index (χ2v) is 12.7. The molecular weight excluding hydrogens is 400 g/mol. The van der Waals surface area contributed by atoms with Crippen LogP contribution in [-0.4, -0.2) is 41.2 Å². The molecule has 1 heterocycles. The molecule has 0 spiro atoms. The molecule has 1 aliphatic heterocycles. The van der Waals surface area contributed by atoms with E-state index in [1.807, 2.05) is 0 Å². The first kappa shape index (κ1) is 20.6. The Balaban J connectivity index is 1.34. The smallest absolute Gasteiger partial charge is 0.0842 e. The number of ether oxygens (including phenoxy) is 1. The first-order chi connectivity index (χ1) is 14.8. The Labute approximate surface area is 193 Å². The minimum Gasteiger partial charge on any atom is -0.374 e. The lowest BCUT2D eigenvalue weighted by atomic mass is 9.42. The van der Waals surface area contributed by atoms with Crippen molar-refractivity contribution in [1.82, 2.24) is 4.90 Å². The van der Waals surface area contributed by atoms with Gasteiger partial charge < -0.3 is 15.4 Å². The molecular formula is C27H38N2OS. The molecule has 2 N–H and O–H groups in total. The molecule has 31 heavy (non-hydrogen) atoms. The molecule has 2 unspecified atom stereocenters. The molecule has 0 amide bonds. The zero-order chi connectivity index (χ0) is 21.4. The SMILES string of the molecule is CC1(C)CN(C(=S)C23CC4CC(c5ccccc5)(CC(C2)C4OC2CC2)C3)CC[C@@H]1N. The summed E-state index contributed by atoms with van der Waals surface area (Å²) in [5, 5.41) is 0. The van der Waals surface area contributed by atoms with Gasteiger partial charge in [-0.2, -0.15) is 0 Å². The van der Waals surface area contributed by atoms with Gasteiger partial charge in [0.05, 0.1) is 17.2 Å². The first-order valence-electron chi connectivity index (χ1n) is 12.6. The third-order valence-corrected chi connectivity index (χ3v) is 10.2. The fourth-order valence-corrected chi connectivity index (χ4v) is 8.41. The maximum absolute atomic E-state index is 6.66. The van der Waals surface area contributed by atoms with Gasteiger partial charge in [0.2, 0.25) is 0 Å². The van der Waals surface area contributed by atoms with Gasteiger partial charge in [0, 0.05) is 24.5 Å². The summed E-state index contributed by atoms with van der Waals surface area (Å²) in [5.74, 6) is 1.31. The van der Waals surface area contributed by atoms with Crippen molar-refractivity contribution < 1.29 is 4.74 Å². The van der Waals surface area contributed by atoms with Gasteiger partial charge in [-0.05, 0) is 79.6 Å². The topological polar surface area (TPSA) is 38.5 Å². The monoisotopic (exact) mass is 438 g/mol. The fourth-order valence-electron chi connectivity index (χ4n) is 8.02. The van der Waals surface area contributed by atoms with E-state index in [0.717, 1.165) is 19.5 Å². The van der Waals surface area contributed by atoms with Gasteiger partial charge in [-0.25, -0.2) is 0 Å². The number of hydrogen-bond acceptors (Lipinski definition) is 3. The number of piperidine rings is 1. The second kappa shape index (κ2) is 7.01. The van der Waals surface area contributed by atoms with Crippen molar-refractivity contribution in [3.63, 3.8) is 0 Å². The van der Waals surface area contributed by atoms with Crippen molar-refractivity contribution in [1.29, 1.82) is 0 Å². The summed E-state index contributed by atoms with van der Waals surface area (Å²) >= 11 is 6.39. The maximum atomic E-state index is 6.66. The van der Waals surface area contributed by atoms with Gasteiger partial charge in [0.1, 0.15) is 0 Å². The number of nitrogens with two attached hydrogens (primary N) is 1. The summed E-state index contributed by atoms with van der Waals surface area (Å²) in [7, 11) is 0. The number of likely N-dealkylation sites (tertiary alicyclic amines) is 1. The van der Waals surface area contributed by atoms with Crippen LogP contribution >= 0.6 is 12.2 Å². The van der Waals surface area contributed by atoms with Gasteiger partial charge in [0.25, 0.3) is 0 Å². The highest BCUT2D eigenvalue weighted by Gasteiger charge is 2.64. The van der Waals surface area contributed by atoms with E-state index in [1.54, 1.807) is 5.56 Å². The quantitative estimate of drug-likeness (QED) is 0.666. The van der Waals surface area contributed by atoms with Gasteiger partial charge >= 0.3 is 0 Å². The summed E-state index contributed by atoms with van der Waals surface area (Å²) in [6, 6.07) is 11.6. The molecule has 3 atom stereocenters. The third kappa shape index (κ3) is 3.31. The normalized spacial score (nSPS) is 43.3. The van der Waals surface area contributed by atoms with Crippen LogP contribution in [-0.2, 0) is 10.2 Å². The predicted octanol–water partition coefficient (Wildman–Crippen LogP) is 5.07. The molecule has 0 radical (unpaired) electrons. The van der Waals surface area contributed by atoms with Crippen molar-refractivity contribution in [2.45, 2.75) is 88.9 Å². The lowest BCUT2D eigenvalue weighted by Crippen LogP contribution is -2.65. The molecule has 1 aromatic rings. The van der Waals surface area contributed by atoms with E-state index in [4.69, 9.17) is 22.7 Å². The highest BCUT2D eigenvalue weighted by molar-refractivity contribution is 7.80. The summed E-state index contributed by atoms with van der Waals surface area (Å²) in [6.07, 6.45) is 10.9. The summed E-state index contributed by atoms with van der Waals surface area (Å²) in [6.45, 7) is 6.67. The number of rotatable bonds is 4. The molecule has 6 fully saturated rings. The summed E-state index contributed by atoms with van der Waals surface area (Å²) < 4.78 is 6.66. The van der Waals surface area contributed by atoms with Crippen molar-refractivity contribution in [2.24, 2.45) is 28.4 Å². The number of thiocarbonyl (C=S) groups is 1. The summed E-state index contributed by atoms with van der Waals surface area (Å²) in [5.41, 5.74) is 8.58. The van der Waals surface area contributed by atoms with Gasteiger partial charge in [-0.1, -0.05) is 56.4 Å². The number of hydrogen-bond donors (Lipinski definition) is 1. The molecule has 1 aromatic carbocycles. The minimum absolute atomic E-state index is 0.124. The number of nitrogens with zero attached hydrogens (tertiary/aromatic N) is 1. The number of benzene rings is 1. The average molecular weight is 439 g/mol. The Bertz CT molecular complexity index is 847. The maximum Gasteiger partial charge on any atom is 0.0842 e. The van der Waals surface area contributed by atoms with Crippen molar-refractivity contribution >= 4 is 17.2 Å². The molecule has 0 aromatic heterocycles. The van der Waals surface area contributed by atoms with E-state index in [0.29, 0.717) is 24.0 Å². The van der Waals surface area contributed by atoms with Crippen molar-refractivity contribution in [2.75, 3.05) is 13.1 Å². The average Bonchev–Trinajstić information content (AvgIpc) is 3.57. The van der Waals surface area contributed by atoms with Crippen LogP contribution < -0.4 is 5.73 Å². The molecule has 168 valence electrons. The zero-order valence-electron chi connectivity index (χ0n) is 19.2. The Kier molecular flexibility index (Phi) is 4.67. The largest absolute Gasteiger partial charge is 0.374 e. The molecule has 4 bridgehead atoms. The van der Waals surface area contributed by atoms with Crippen LogP contribution in [0.25, 0.3) is 0 Å². The van der Waals surface area contributed by atoms with E-state index in [9.17, 15) is 0 Å². The second-order valence-electron chi connectivity index (χ2n) is 12.4. The van der Waals surface area contributed by atoms with Crippen LogP contribution in [0.4, 0.5) is 0 Å². The fraction of sp³-hybridized carbons (Fsp3) is 0.741. The first-order valence-corrected chi connectivity index (χ1v) is 13.0. The molecule has 7 rings (SSSR count). The third-order valence-electron chi connectivity index (χ3n) is 9.53. The summed E-state index contributed by atoms with van der Waals surface area (Å²) in [4.78, 5) is 3.81. The molecule has 3 nitrogen and oxygen atoms in total. The van der Waals surface area contributed by atoms with Gasteiger partial charge in [0.15, 0.2) is 0 Å². The van der Waals surface area contributed by atoms with E-state index >= 15 is 0 Å². The molecule has 5 saturated carbocycles. The van der Waals surface area contributed by atoms with Crippen LogP contribution in [0.15, 0.2) is 30.3 Å². The lowest BCUT2D eigenvalue weighted by Gasteiger charge is -2.66. The highest BCUT2D eigenvalue weighted by atomic mass is 32.1. The van der Waals surface area contributed by atoms with Crippen LogP contribution in [0.2, 0.25) is 0 Å². The molecule has 5 aliphatic carbocycles. The minimum atomic E-state index is 0.124. The lowest BCUT2D eigenvalue weighted by molar-refractivity contribution is -0.157. The van der Waals surface area contributed by atoms with E-state index in [2.05, 4.69) is 49.1 Å². The van der Waals surface area contributed by atoms with E-state index in [1.165, 1.54) is 49.9 Å². The van der Waals surface area contributed by atoms with Crippen LogP contribution in [0.1, 0.15) is 70.8 Å². The van der Waals surface area contributed by atoms with Crippen molar-refractivity contribution in [3.05, 3.63) is 35.9 Å². The van der Waals surface area contributed by atoms with E-state index in [-0.39, 0.29) is 22.3 Å². The molecule has 6 aliphatic rings. The predicted molar refractivity (Wildman–Crippen MR) is 129 cm³/mol. The molecule has 1 saturated heterocycles. The zero-order valence-corrected chi connectivity index (χ0v) is 20.0. The van der Waals surface area contributed by atoms with E-state index < -0.39 is 0 Å².